The molecule has 1 aliphatic rings. The van der Waals surface area contributed by atoms with Crippen LogP contribution in [0.4, 0.5) is 5.82 Å². The lowest BCUT2D eigenvalue weighted by molar-refractivity contribution is 0.445. The van der Waals surface area contributed by atoms with E-state index in [9.17, 15) is 0 Å². The standard InChI is InChI=1S/C22H23N5/c1-15-7-5-9-17(13-15)20-22-23-21(26-12-6-8-16(2)14-26)18-10-3-4-11-19(18)27(22)25-24-20/h3-5,7,9-11,13,16H,6,8,12,14H2,1-2H3/t16-/m0/s1. The molecule has 0 radical (unpaired) electrons. The summed E-state index contributed by atoms with van der Waals surface area (Å²) in [5.41, 5.74) is 5.00. The Morgan fingerprint density at radius 1 is 1.07 bits per heavy atom. The number of hydrogen-bond acceptors (Lipinski definition) is 4. The summed E-state index contributed by atoms with van der Waals surface area (Å²) in [6, 6.07) is 16.8. The molecule has 0 spiro atoms. The number of aryl methyl sites for hydroxylation is 1. The monoisotopic (exact) mass is 357 g/mol. The second-order valence-corrected chi connectivity index (χ2v) is 7.69. The zero-order valence-electron chi connectivity index (χ0n) is 15.8. The zero-order chi connectivity index (χ0) is 18.4. The Morgan fingerprint density at radius 2 is 1.96 bits per heavy atom. The smallest absolute Gasteiger partial charge is 0.186 e. The maximum Gasteiger partial charge on any atom is 0.186 e. The van der Waals surface area contributed by atoms with Crippen LogP contribution in [0.3, 0.4) is 0 Å². The molecule has 2 aromatic carbocycles. The Morgan fingerprint density at radius 3 is 2.81 bits per heavy atom. The van der Waals surface area contributed by atoms with E-state index in [-0.39, 0.29) is 0 Å². The molecule has 5 rings (SSSR count). The highest BCUT2D eigenvalue weighted by molar-refractivity contribution is 5.93. The van der Waals surface area contributed by atoms with E-state index in [0.717, 1.165) is 46.7 Å². The summed E-state index contributed by atoms with van der Waals surface area (Å²) in [6.07, 6.45) is 2.50. The van der Waals surface area contributed by atoms with Gasteiger partial charge in [-0.2, -0.15) is 4.52 Å². The third-order valence-corrected chi connectivity index (χ3v) is 5.48. The number of benzene rings is 2. The highest BCUT2D eigenvalue weighted by Crippen LogP contribution is 2.32. The van der Waals surface area contributed by atoms with Crippen molar-refractivity contribution in [1.29, 1.82) is 0 Å². The van der Waals surface area contributed by atoms with Crippen LogP contribution in [0, 0.1) is 12.8 Å². The molecule has 3 heterocycles. The second-order valence-electron chi connectivity index (χ2n) is 7.69. The van der Waals surface area contributed by atoms with Crippen LogP contribution in [-0.2, 0) is 0 Å². The van der Waals surface area contributed by atoms with Crippen LogP contribution in [0.1, 0.15) is 25.3 Å². The molecule has 0 saturated carbocycles. The van der Waals surface area contributed by atoms with E-state index in [1.54, 1.807) is 0 Å². The van der Waals surface area contributed by atoms with Gasteiger partial charge >= 0.3 is 0 Å². The topological polar surface area (TPSA) is 46.3 Å². The average Bonchev–Trinajstić information content (AvgIpc) is 3.11. The highest BCUT2D eigenvalue weighted by atomic mass is 15.4. The van der Waals surface area contributed by atoms with Crippen molar-refractivity contribution >= 4 is 22.4 Å². The molecule has 1 atom stereocenters. The summed E-state index contributed by atoms with van der Waals surface area (Å²) >= 11 is 0. The number of nitrogens with zero attached hydrogens (tertiary/aromatic N) is 5. The molecule has 1 aliphatic heterocycles. The first-order valence-electron chi connectivity index (χ1n) is 9.67. The van der Waals surface area contributed by atoms with Gasteiger partial charge in [0.2, 0.25) is 0 Å². The molecule has 2 aromatic heterocycles. The lowest BCUT2D eigenvalue weighted by Gasteiger charge is -2.32. The molecule has 0 bridgehead atoms. The summed E-state index contributed by atoms with van der Waals surface area (Å²) < 4.78 is 1.88. The number of para-hydroxylation sites is 1. The number of anilines is 1. The molecular formula is C22H23N5. The maximum absolute atomic E-state index is 5.09. The van der Waals surface area contributed by atoms with Gasteiger partial charge in [0.1, 0.15) is 11.5 Å². The van der Waals surface area contributed by atoms with E-state index in [1.165, 1.54) is 18.4 Å². The van der Waals surface area contributed by atoms with E-state index < -0.39 is 0 Å². The molecule has 5 nitrogen and oxygen atoms in total. The molecular weight excluding hydrogens is 334 g/mol. The number of aromatic nitrogens is 4. The summed E-state index contributed by atoms with van der Waals surface area (Å²) in [4.78, 5) is 7.53. The molecule has 1 fully saturated rings. The van der Waals surface area contributed by atoms with E-state index in [1.807, 2.05) is 4.52 Å². The van der Waals surface area contributed by atoms with Gasteiger partial charge in [0.05, 0.1) is 5.52 Å². The Hall–Kier alpha value is -2.95. The van der Waals surface area contributed by atoms with E-state index >= 15 is 0 Å². The second kappa shape index (κ2) is 6.34. The molecule has 27 heavy (non-hydrogen) atoms. The Balaban J connectivity index is 1.77. The minimum atomic E-state index is 0.690. The molecule has 0 aliphatic carbocycles. The normalized spacial score (nSPS) is 17.7. The lowest BCUT2D eigenvalue weighted by atomic mass is 10.00. The minimum Gasteiger partial charge on any atom is -0.356 e. The first-order valence-corrected chi connectivity index (χ1v) is 9.67. The molecule has 5 heteroatoms. The average molecular weight is 357 g/mol. The van der Waals surface area contributed by atoms with Gasteiger partial charge in [-0.05, 0) is 43.9 Å². The Bertz CT molecular complexity index is 1130. The molecule has 0 amide bonds. The summed E-state index contributed by atoms with van der Waals surface area (Å²) in [5.74, 6) is 1.75. The van der Waals surface area contributed by atoms with Gasteiger partial charge in [-0.1, -0.05) is 48.0 Å². The van der Waals surface area contributed by atoms with Crippen molar-refractivity contribution in [2.24, 2.45) is 5.92 Å². The van der Waals surface area contributed by atoms with Gasteiger partial charge in [0.15, 0.2) is 5.65 Å². The summed E-state index contributed by atoms with van der Waals surface area (Å²) in [5, 5.41) is 10.1. The fourth-order valence-electron chi connectivity index (χ4n) is 4.15. The van der Waals surface area contributed by atoms with Crippen molar-refractivity contribution in [3.05, 3.63) is 54.1 Å². The van der Waals surface area contributed by atoms with Crippen LogP contribution in [0.5, 0.6) is 0 Å². The molecule has 136 valence electrons. The first-order chi connectivity index (χ1) is 13.2. The molecule has 0 unspecified atom stereocenters. The van der Waals surface area contributed by atoms with Crippen molar-refractivity contribution in [2.45, 2.75) is 26.7 Å². The molecule has 4 aromatic rings. The van der Waals surface area contributed by atoms with Crippen LogP contribution < -0.4 is 4.90 Å². The van der Waals surface area contributed by atoms with Gasteiger partial charge in [-0.15, -0.1) is 5.10 Å². The van der Waals surface area contributed by atoms with Crippen LogP contribution in [0.15, 0.2) is 48.5 Å². The Labute approximate surface area is 158 Å². The zero-order valence-corrected chi connectivity index (χ0v) is 15.8. The summed E-state index contributed by atoms with van der Waals surface area (Å²) in [7, 11) is 0. The van der Waals surface area contributed by atoms with Gasteiger partial charge in [-0.25, -0.2) is 4.98 Å². The predicted octanol–water partition coefficient (Wildman–Crippen LogP) is 4.49. The largest absolute Gasteiger partial charge is 0.356 e. The van der Waals surface area contributed by atoms with Crippen LogP contribution in [-0.4, -0.2) is 32.9 Å². The number of piperidine rings is 1. The van der Waals surface area contributed by atoms with Crippen LogP contribution in [0.2, 0.25) is 0 Å². The number of rotatable bonds is 2. The predicted molar refractivity (Wildman–Crippen MR) is 109 cm³/mol. The lowest BCUT2D eigenvalue weighted by Crippen LogP contribution is -2.35. The van der Waals surface area contributed by atoms with Gasteiger partial charge in [0, 0.05) is 24.0 Å². The highest BCUT2D eigenvalue weighted by Gasteiger charge is 2.22. The van der Waals surface area contributed by atoms with Crippen molar-refractivity contribution in [1.82, 2.24) is 19.8 Å². The molecule has 0 N–H and O–H groups in total. The van der Waals surface area contributed by atoms with Gasteiger partial charge < -0.3 is 4.90 Å². The third-order valence-electron chi connectivity index (χ3n) is 5.48. The number of fused-ring (bicyclic) bond motifs is 3. The molecule has 1 saturated heterocycles. The van der Waals surface area contributed by atoms with E-state index in [0.29, 0.717) is 5.92 Å². The van der Waals surface area contributed by atoms with Gasteiger partial charge in [-0.3, -0.25) is 0 Å². The van der Waals surface area contributed by atoms with Crippen molar-refractivity contribution in [3.63, 3.8) is 0 Å². The minimum absolute atomic E-state index is 0.690. The van der Waals surface area contributed by atoms with Crippen molar-refractivity contribution in [3.8, 4) is 11.3 Å². The van der Waals surface area contributed by atoms with Crippen molar-refractivity contribution in [2.75, 3.05) is 18.0 Å². The third kappa shape index (κ3) is 2.74. The van der Waals surface area contributed by atoms with E-state index in [2.05, 4.69) is 77.6 Å². The van der Waals surface area contributed by atoms with E-state index in [4.69, 9.17) is 4.98 Å². The first kappa shape index (κ1) is 16.2. The van der Waals surface area contributed by atoms with Crippen molar-refractivity contribution < 1.29 is 0 Å². The van der Waals surface area contributed by atoms with Crippen LogP contribution in [0.25, 0.3) is 27.8 Å². The summed E-state index contributed by atoms with van der Waals surface area (Å²) in [6.45, 7) is 6.53. The van der Waals surface area contributed by atoms with Crippen LogP contribution >= 0.6 is 0 Å². The Kier molecular flexibility index (Phi) is 3.81. The fraction of sp³-hybridized carbons (Fsp3) is 0.318. The maximum atomic E-state index is 5.09. The number of hydrogen-bond donors (Lipinski definition) is 0. The fourth-order valence-corrected chi connectivity index (χ4v) is 4.15. The quantitative estimate of drug-likeness (QED) is 0.530. The SMILES string of the molecule is Cc1cccc(-c2nnn3c2nc(N2CCC[C@H](C)C2)c2ccccc23)c1. The van der Waals surface area contributed by atoms with Gasteiger partial charge in [0.25, 0.3) is 0 Å².